The molecule has 0 amide bonds. The van der Waals surface area contributed by atoms with Crippen LogP contribution in [0.15, 0.2) is 17.1 Å². The first-order chi connectivity index (χ1) is 8.86. The summed E-state index contributed by atoms with van der Waals surface area (Å²) in [5.74, 6) is -0.465. The van der Waals surface area contributed by atoms with E-state index in [1.54, 1.807) is 0 Å². The summed E-state index contributed by atoms with van der Waals surface area (Å²) in [6.45, 7) is 0.564. The molecular formula is C10H15ClFN3O4. The van der Waals surface area contributed by atoms with Crippen molar-refractivity contribution in [2.75, 3.05) is 18.2 Å². The Hall–Kier alpha value is -1.22. The summed E-state index contributed by atoms with van der Waals surface area (Å²) in [6, 6.07) is 1.36. The SMILES string of the molecule is C[C@@H](O[C@@](CO)(CCl)[C@@H](O)F)n1ccc(N)nc1=O. The van der Waals surface area contributed by atoms with E-state index in [9.17, 15) is 9.18 Å². The van der Waals surface area contributed by atoms with Crippen molar-refractivity contribution in [1.29, 1.82) is 0 Å². The van der Waals surface area contributed by atoms with Crippen molar-refractivity contribution in [2.45, 2.75) is 25.1 Å². The highest BCUT2D eigenvalue weighted by molar-refractivity contribution is 6.18. The van der Waals surface area contributed by atoms with E-state index in [4.69, 9.17) is 32.3 Å². The number of nitrogens with two attached hydrogens (primary N) is 1. The second-order valence-electron chi connectivity index (χ2n) is 3.95. The average Bonchev–Trinajstić information content (AvgIpc) is 2.35. The third-order valence-corrected chi connectivity index (χ3v) is 3.03. The molecule has 0 bridgehead atoms. The van der Waals surface area contributed by atoms with Gasteiger partial charge in [-0.05, 0) is 13.0 Å². The minimum atomic E-state index is -2.50. The van der Waals surface area contributed by atoms with Crippen molar-refractivity contribution in [3.05, 3.63) is 22.7 Å². The molecule has 0 aliphatic carbocycles. The number of hydrogen-bond donors (Lipinski definition) is 3. The molecule has 19 heavy (non-hydrogen) atoms. The van der Waals surface area contributed by atoms with E-state index in [0.29, 0.717) is 0 Å². The van der Waals surface area contributed by atoms with Gasteiger partial charge in [0.15, 0.2) is 5.60 Å². The fraction of sp³-hybridized carbons (Fsp3) is 0.600. The molecular weight excluding hydrogens is 281 g/mol. The quantitative estimate of drug-likeness (QED) is 0.617. The van der Waals surface area contributed by atoms with Gasteiger partial charge < -0.3 is 20.7 Å². The Morgan fingerprint density at radius 2 is 2.37 bits per heavy atom. The monoisotopic (exact) mass is 295 g/mol. The van der Waals surface area contributed by atoms with Gasteiger partial charge in [0.05, 0.1) is 12.5 Å². The van der Waals surface area contributed by atoms with E-state index < -0.39 is 36.4 Å². The molecule has 0 saturated carbocycles. The number of hydrogen-bond acceptors (Lipinski definition) is 6. The maximum Gasteiger partial charge on any atom is 0.351 e. The molecule has 0 aliphatic rings. The van der Waals surface area contributed by atoms with Gasteiger partial charge in [-0.1, -0.05) is 0 Å². The minimum absolute atomic E-state index is 0.0322. The fourth-order valence-corrected chi connectivity index (χ4v) is 1.68. The lowest BCUT2D eigenvalue weighted by molar-refractivity contribution is -0.215. The zero-order chi connectivity index (χ0) is 14.6. The molecule has 0 spiro atoms. The van der Waals surface area contributed by atoms with Gasteiger partial charge in [-0.2, -0.15) is 4.98 Å². The summed E-state index contributed by atoms with van der Waals surface area (Å²) in [4.78, 5) is 15.0. The van der Waals surface area contributed by atoms with Crippen LogP contribution in [0.5, 0.6) is 0 Å². The molecule has 7 nitrogen and oxygen atoms in total. The standard InChI is InChI=1S/C10H15ClFN3O4/c1-6(15-3-2-7(13)14-9(15)18)19-10(4-11,5-16)8(12)17/h2-3,6,8,16-17H,4-5H2,1H3,(H2,13,14,18)/t6-,8-,10-/m1/s1. The molecule has 0 aromatic carbocycles. The number of aliphatic hydroxyl groups is 2. The Kier molecular flexibility index (Phi) is 5.24. The molecule has 4 N–H and O–H groups in total. The van der Waals surface area contributed by atoms with E-state index in [-0.39, 0.29) is 5.82 Å². The van der Waals surface area contributed by atoms with Crippen molar-refractivity contribution in [3.8, 4) is 0 Å². The largest absolute Gasteiger partial charge is 0.393 e. The maximum absolute atomic E-state index is 13.1. The van der Waals surface area contributed by atoms with Crippen LogP contribution in [0.25, 0.3) is 0 Å². The van der Waals surface area contributed by atoms with Gasteiger partial charge in [0.25, 0.3) is 0 Å². The van der Waals surface area contributed by atoms with Gasteiger partial charge in [0, 0.05) is 6.20 Å². The lowest BCUT2D eigenvalue weighted by Gasteiger charge is -2.33. The van der Waals surface area contributed by atoms with Gasteiger partial charge >= 0.3 is 5.69 Å². The van der Waals surface area contributed by atoms with E-state index in [1.807, 2.05) is 0 Å². The number of alkyl halides is 2. The second-order valence-corrected chi connectivity index (χ2v) is 4.22. The van der Waals surface area contributed by atoms with E-state index in [2.05, 4.69) is 4.98 Å². The summed E-state index contributed by atoms with van der Waals surface area (Å²) >= 11 is 5.51. The first kappa shape index (κ1) is 15.8. The van der Waals surface area contributed by atoms with Crippen LogP contribution in [-0.2, 0) is 4.74 Å². The second kappa shape index (κ2) is 6.29. The number of ether oxygens (including phenoxy) is 1. The summed E-state index contributed by atoms with van der Waals surface area (Å²) in [5, 5.41) is 18.1. The number of aliphatic hydroxyl groups excluding tert-OH is 2. The van der Waals surface area contributed by atoms with E-state index in [1.165, 1.54) is 19.2 Å². The molecule has 0 unspecified atom stereocenters. The molecule has 108 valence electrons. The predicted octanol–water partition coefficient (Wildman–Crippen LogP) is -0.382. The summed E-state index contributed by atoms with van der Waals surface area (Å²) in [6.07, 6.45) is -2.21. The van der Waals surface area contributed by atoms with Gasteiger partial charge in [0.2, 0.25) is 6.36 Å². The maximum atomic E-state index is 13.1. The van der Waals surface area contributed by atoms with Crippen LogP contribution in [0.4, 0.5) is 10.2 Å². The number of anilines is 1. The van der Waals surface area contributed by atoms with Crippen LogP contribution in [0.2, 0.25) is 0 Å². The van der Waals surface area contributed by atoms with Gasteiger partial charge in [-0.3, -0.25) is 4.57 Å². The lowest BCUT2D eigenvalue weighted by Crippen LogP contribution is -2.50. The summed E-state index contributed by atoms with van der Waals surface area (Å²) < 4.78 is 19.3. The highest BCUT2D eigenvalue weighted by Gasteiger charge is 2.40. The normalized spacial score (nSPS) is 17.7. The first-order valence-corrected chi connectivity index (χ1v) is 5.91. The molecule has 0 saturated heterocycles. The summed E-state index contributed by atoms with van der Waals surface area (Å²) in [7, 11) is 0. The fourth-order valence-electron chi connectivity index (χ4n) is 1.41. The zero-order valence-electron chi connectivity index (χ0n) is 10.2. The van der Waals surface area contributed by atoms with Crippen LogP contribution in [0.1, 0.15) is 13.2 Å². The van der Waals surface area contributed by atoms with Crippen LogP contribution >= 0.6 is 11.6 Å². The molecule has 0 aliphatic heterocycles. The number of nitrogen functional groups attached to an aromatic ring is 1. The predicted molar refractivity (Wildman–Crippen MR) is 66.4 cm³/mol. The van der Waals surface area contributed by atoms with Crippen molar-refractivity contribution >= 4 is 17.4 Å². The number of halogens is 2. The molecule has 1 rings (SSSR count). The van der Waals surface area contributed by atoms with Crippen LogP contribution < -0.4 is 11.4 Å². The van der Waals surface area contributed by atoms with Gasteiger partial charge in [0.1, 0.15) is 12.0 Å². The van der Waals surface area contributed by atoms with Crippen LogP contribution in [0.3, 0.4) is 0 Å². The van der Waals surface area contributed by atoms with Gasteiger partial charge in [-0.15, -0.1) is 11.6 Å². The van der Waals surface area contributed by atoms with E-state index >= 15 is 0 Å². The third-order valence-electron chi connectivity index (χ3n) is 2.58. The Bertz CT molecular complexity index is 478. The number of nitrogens with zero attached hydrogens (tertiary/aromatic N) is 2. The third kappa shape index (κ3) is 3.41. The van der Waals surface area contributed by atoms with Crippen LogP contribution in [-0.4, -0.2) is 44.2 Å². The van der Waals surface area contributed by atoms with Crippen molar-refractivity contribution < 1.29 is 19.3 Å². The number of aromatic nitrogens is 2. The van der Waals surface area contributed by atoms with Crippen molar-refractivity contribution in [2.24, 2.45) is 0 Å². The highest BCUT2D eigenvalue weighted by atomic mass is 35.5. The molecule has 0 fully saturated rings. The molecule has 1 heterocycles. The zero-order valence-corrected chi connectivity index (χ0v) is 10.9. The smallest absolute Gasteiger partial charge is 0.351 e. The lowest BCUT2D eigenvalue weighted by atomic mass is 10.1. The molecule has 3 atom stereocenters. The Morgan fingerprint density at radius 1 is 1.74 bits per heavy atom. The number of rotatable bonds is 6. The summed E-state index contributed by atoms with van der Waals surface area (Å²) in [5.41, 5.74) is 2.61. The minimum Gasteiger partial charge on any atom is -0.393 e. The van der Waals surface area contributed by atoms with Crippen molar-refractivity contribution in [1.82, 2.24) is 9.55 Å². The molecule has 9 heteroatoms. The van der Waals surface area contributed by atoms with Gasteiger partial charge in [-0.25, -0.2) is 9.18 Å². The average molecular weight is 296 g/mol. The molecule has 0 radical (unpaired) electrons. The molecule has 1 aromatic heterocycles. The van der Waals surface area contributed by atoms with Crippen molar-refractivity contribution in [3.63, 3.8) is 0 Å². The molecule has 1 aromatic rings. The Labute approximate surface area is 113 Å². The highest BCUT2D eigenvalue weighted by Crippen LogP contribution is 2.24. The first-order valence-electron chi connectivity index (χ1n) is 5.37. The Balaban J connectivity index is 3.00. The van der Waals surface area contributed by atoms with Crippen LogP contribution in [0, 0.1) is 0 Å². The van der Waals surface area contributed by atoms with E-state index in [0.717, 1.165) is 4.57 Å². The Morgan fingerprint density at radius 3 is 2.79 bits per heavy atom. The topological polar surface area (TPSA) is 111 Å².